The second kappa shape index (κ2) is 12.3. The van der Waals surface area contributed by atoms with E-state index in [-0.39, 0.29) is 5.56 Å². The van der Waals surface area contributed by atoms with Crippen molar-refractivity contribution in [1.82, 2.24) is 9.78 Å². The molecule has 0 spiro atoms. The summed E-state index contributed by atoms with van der Waals surface area (Å²) < 4.78 is 12.2. The van der Waals surface area contributed by atoms with E-state index >= 15 is 0 Å². The number of ether oxygens (including phenoxy) is 2. The number of nitrogens with one attached hydrogen (secondary N) is 1. The Morgan fingerprint density at radius 1 is 0.780 bits per heavy atom. The maximum atomic E-state index is 14.1. The topological polar surface area (TPSA) is 85.7 Å². The van der Waals surface area contributed by atoms with E-state index in [0.717, 1.165) is 16.7 Å². The SMILES string of the molecule is COC(=O)[C@@H](N=C(c1ccccc1)c1ccccc1)[C@H](c1ccc(OC)cc1)c1c(C)[nH]n(-c2ccccc2)c1=O. The number of benzene rings is 4. The first-order valence-electron chi connectivity index (χ1n) is 13.3. The molecule has 4 aromatic carbocycles. The molecule has 0 unspecified atom stereocenters. The van der Waals surface area contributed by atoms with Crippen molar-refractivity contribution in [3.8, 4) is 11.4 Å². The predicted molar refractivity (Wildman–Crippen MR) is 160 cm³/mol. The van der Waals surface area contributed by atoms with Crippen molar-refractivity contribution >= 4 is 11.7 Å². The van der Waals surface area contributed by atoms with Crippen LogP contribution in [0.25, 0.3) is 5.69 Å². The second-order valence-electron chi connectivity index (χ2n) is 9.56. The van der Waals surface area contributed by atoms with E-state index < -0.39 is 17.9 Å². The lowest BCUT2D eigenvalue weighted by Crippen LogP contribution is -2.33. The normalized spacial score (nSPS) is 12.3. The van der Waals surface area contributed by atoms with Gasteiger partial charge in [0.25, 0.3) is 5.56 Å². The molecule has 7 nitrogen and oxygen atoms in total. The summed E-state index contributed by atoms with van der Waals surface area (Å²) in [6.45, 7) is 1.83. The van der Waals surface area contributed by atoms with Crippen LogP contribution in [0.2, 0.25) is 0 Å². The average Bonchev–Trinajstić information content (AvgIpc) is 3.33. The molecule has 0 saturated heterocycles. The number of aliphatic imine (C=N–C) groups is 1. The van der Waals surface area contributed by atoms with Crippen LogP contribution in [0.15, 0.2) is 125 Å². The van der Waals surface area contributed by atoms with Crippen LogP contribution in [0, 0.1) is 6.92 Å². The van der Waals surface area contributed by atoms with Gasteiger partial charge in [0.1, 0.15) is 5.75 Å². The molecule has 0 radical (unpaired) electrons. The molecule has 0 fully saturated rings. The van der Waals surface area contributed by atoms with Crippen LogP contribution in [0.1, 0.15) is 33.9 Å². The zero-order valence-electron chi connectivity index (χ0n) is 23.2. The van der Waals surface area contributed by atoms with Gasteiger partial charge in [0.2, 0.25) is 0 Å². The van der Waals surface area contributed by atoms with Crippen molar-refractivity contribution < 1.29 is 14.3 Å². The summed E-state index contributed by atoms with van der Waals surface area (Å²) in [6.07, 6.45) is 0. The summed E-state index contributed by atoms with van der Waals surface area (Å²) in [5, 5.41) is 3.21. The summed E-state index contributed by atoms with van der Waals surface area (Å²) in [7, 11) is 2.93. The standard InChI is InChI=1S/C34H31N3O4/c1-23-29(33(38)37(36-23)27-17-11-6-12-18-27)30(24-19-21-28(40-2)22-20-24)32(34(39)41-3)35-31(25-13-7-4-8-14-25)26-15-9-5-10-16-26/h4-22,30,32,36H,1-3H3/t30-,32+/m1/s1. The first kappa shape index (κ1) is 27.4. The molecule has 206 valence electrons. The average molecular weight is 546 g/mol. The van der Waals surface area contributed by atoms with Crippen LogP contribution < -0.4 is 10.3 Å². The summed E-state index contributed by atoms with van der Waals surface area (Å²) in [5.74, 6) is -0.654. The molecule has 1 N–H and O–H groups in total. The monoisotopic (exact) mass is 545 g/mol. The molecule has 5 rings (SSSR count). The first-order valence-corrected chi connectivity index (χ1v) is 13.3. The smallest absolute Gasteiger partial charge is 0.331 e. The van der Waals surface area contributed by atoms with Crippen LogP contribution in [0.3, 0.4) is 0 Å². The molecule has 0 aliphatic rings. The minimum absolute atomic E-state index is 0.264. The van der Waals surface area contributed by atoms with Crippen molar-refractivity contribution in [2.24, 2.45) is 4.99 Å². The van der Waals surface area contributed by atoms with E-state index in [1.807, 2.05) is 122 Å². The zero-order valence-corrected chi connectivity index (χ0v) is 23.2. The summed E-state index contributed by atoms with van der Waals surface area (Å²) in [4.78, 5) is 32.8. The molecule has 0 aliphatic heterocycles. The van der Waals surface area contributed by atoms with Crippen LogP contribution in [-0.2, 0) is 9.53 Å². The third-order valence-electron chi connectivity index (χ3n) is 7.04. The highest BCUT2D eigenvalue weighted by atomic mass is 16.5. The van der Waals surface area contributed by atoms with Gasteiger partial charge in [0.05, 0.1) is 25.6 Å². The highest BCUT2D eigenvalue weighted by Gasteiger charge is 2.36. The maximum Gasteiger partial charge on any atom is 0.331 e. The van der Waals surface area contributed by atoms with Crippen molar-refractivity contribution in [1.29, 1.82) is 0 Å². The minimum Gasteiger partial charge on any atom is -0.497 e. The van der Waals surface area contributed by atoms with Gasteiger partial charge in [-0.3, -0.25) is 14.9 Å². The van der Waals surface area contributed by atoms with Crippen LogP contribution >= 0.6 is 0 Å². The fourth-order valence-electron chi connectivity index (χ4n) is 5.03. The number of aromatic nitrogens is 2. The molecule has 0 bridgehead atoms. The summed E-state index contributed by atoms with van der Waals surface area (Å²) in [6, 6.07) is 35.0. The molecular weight excluding hydrogens is 514 g/mol. The minimum atomic E-state index is -1.07. The quantitative estimate of drug-likeness (QED) is 0.190. The van der Waals surface area contributed by atoms with Crippen molar-refractivity contribution in [2.75, 3.05) is 14.2 Å². The van der Waals surface area contributed by atoms with Gasteiger partial charge in [-0.1, -0.05) is 91.0 Å². The molecule has 0 saturated carbocycles. The third-order valence-corrected chi connectivity index (χ3v) is 7.04. The molecule has 7 heteroatoms. The Balaban J connectivity index is 1.77. The van der Waals surface area contributed by atoms with E-state index in [1.54, 1.807) is 7.11 Å². The molecule has 0 aliphatic carbocycles. The van der Waals surface area contributed by atoms with Crippen molar-refractivity contribution in [2.45, 2.75) is 18.9 Å². The highest BCUT2D eigenvalue weighted by molar-refractivity contribution is 6.13. The second-order valence-corrected chi connectivity index (χ2v) is 9.56. The van der Waals surface area contributed by atoms with Crippen molar-refractivity contribution in [3.05, 3.63) is 154 Å². The number of aromatic amines is 1. The van der Waals surface area contributed by atoms with E-state index in [1.165, 1.54) is 11.8 Å². The van der Waals surface area contributed by atoms with Gasteiger partial charge in [0, 0.05) is 28.3 Å². The molecule has 2 atom stereocenters. The van der Waals surface area contributed by atoms with Crippen LogP contribution in [-0.4, -0.2) is 41.7 Å². The lowest BCUT2D eigenvalue weighted by atomic mass is 9.84. The summed E-state index contributed by atoms with van der Waals surface area (Å²) >= 11 is 0. The largest absolute Gasteiger partial charge is 0.497 e. The molecule has 41 heavy (non-hydrogen) atoms. The first-order chi connectivity index (χ1) is 20.0. The highest BCUT2D eigenvalue weighted by Crippen LogP contribution is 2.33. The number of rotatable bonds is 9. The number of H-pyrrole nitrogens is 1. The summed E-state index contributed by atoms with van der Waals surface area (Å²) in [5.41, 5.74) is 4.51. The molecular formula is C34H31N3O4. The number of methoxy groups -OCH3 is 2. The third kappa shape index (κ3) is 5.75. The van der Waals surface area contributed by atoms with Gasteiger partial charge in [-0.25, -0.2) is 9.48 Å². The number of hydrogen-bond donors (Lipinski definition) is 1. The van der Waals surface area contributed by atoms with Crippen LogP contribution in [0.5, 0.6) is 5.75 Å². The zero-order chi connectivity index (χ0) is 28.8. The van der Waals surface area contributed by atoms with Crippen LogP contribution in [0.4, 0.5) is 0 Å². The Morgan fingerprint density at radius 3 is 1.83 bits per heavy atom. The molecule has 5 aromatic rings. The van der Waals surface area contributed by atoms with E-state index in [4.69, 9.17) is 14.5 Å². The lowest BCUT2D eigenvalue weighted by Gasteiger charge is -2.24. The van der Waals surface area contributed by atoms with E-state index in [2.05, 4.69) is 5.10 Å². The predicted octanol–water partition coefficient (Wildman–Crippen LogP) is 5.69. The Labute approximate surface area is 238 Å². The number of para-hydroxylation sites is 1. The Hall–Kier alpha value is -5.17. The molecule has 1 heterocycles. The van der Waals surface area contributed by atoms with Gasteiger partial charge >= 0.3 is 5.97 Å². The number of hydrogen-bond acceptors (Lipinski definition) is 5. The van der Waals surface area contributed by atoms with E-state index in [9.17, 15) is 9.59 Å². The van der Waals surface area contributed by atoms with Gasteiger partial charge in [-0.15, -0.1) is 0 Å². The number of nitrogens with zero attached hydrogens (tertiary/aromatic N) is 2. The fraction of sp³-hybridized carbons (Fsp3) is 0.147. The number of aryl methyl sites for hydroxylation is 1. The Kier molecular flexibility index (Phi) is 8.25. The fourth-order valence-corrected chi connectivity index (χ4v) is 5.03. The van der Waals surface area contributed by atoms with Gasteiger partial charge in [-0.2, -0.15) is 0 Å². The number of esters is 1. The van der Waals surface area contributed by atoms with Gasteiger partial charge < -0.3 is 9.47 Å². The van der Waals surface area contributed by atoms with Gasteiger partial charge in [-0.05, 0) is 36.8 Å². The molecule has 0 amide bonds. The Morgan fingerprint density at radius 2 is 1.32 bits per heavy atom. The lowest BCUT2D eigenvalue weighted by molar-refractivity contribution is -0.142. The van der Waals surface area contributed by atoms with Gasteiger partial charge in [0.15, 0.2) is 6.04 Å². The number of carbonyl (C=O) groups is 1. The Bertz CT molecular complexity index is 1650. The molecule has 1 aromatic heterocycles. The van der Waals surface area contributed by atoms with E-state index in [0.29, 0.717) is 28.4 Å². The number of carbonyl (C=O) groups excluding carboxylic acids is 1. The van der Waals surface area contributed by atoms with Crippen molar-refractivity contribution in [3.63, 3.8) is 0 Å². The maximum absolute atomic E-state index is 14.1.